The van der Waals surface area contributed by atoms with E-state index in [0.717, 1.165) is 35.3 Å². The number of hydrogen-bond acceptors (Lipinski definition) is 4. The third-order valence-electron chi connectivity index (χ3n) is 6.10. The van der Waals surface area contributed by atoms with Crippen LogP contribution in [0.2, 0.25) is 0 Å². The van der Waals surface area contributed by atoms with Crippen molar-refractivity contribution in [3.05, 3.63) is 47.5 Å². The average molecular weight is 394 g/mol. The number of ether oxygens (including phenoxy) is 2. The normalized spacial score (nSPS) is 20.7. The number of methoxy groups -OCH3 is 2. The minimum atomic E-state index is -0.0116. The number of carbonyl (C=O) groups excluding carboxylic acids is 1. The summed E-state index contributed by atoms with van der Waals surface area (Å²) in [6.45, 7) is 2.74. The lowest BCUT2D eigenvalue weighted by molar-refractivity contribution is 0.0711. The van der Waals surface area contributed by atoms with Crippen LogP contribution in [0.15, 0.2) is 34.7 Å². The molecule has 2 aliphatic rings. The first-order valence-electron chi connectivity index (χ1n) is 10.2. The van der Waals surface area contributed by atoms with Crippen LogP contribution in [0.5, 0.6) is 11.5 Å². The first-order valence-corrected chi connectivity index (χ1v) is 10.2. The third kappa shape index (κ3) is 3.26. The summed E-state index contributed by atoms with van der Waals surface area (Å²) >= 11 is 0. The number of fused-ring (bicyclic) bond motifs is 1. The van der Waals surface area contributed by atoms with Crippen LogP contribution in [0.3, 0.4) is 0 Å². The van der Waals surface area contributed by atoms with Crippen LogP contribution in [0.4, 0.5) is 0 Å². The summed E-state index contributed by atoms with van der Waals surface area (Å²) in [6, 6.07) is 9.96. The van der Waals surface area contributed by atoms with E-state index in [1.54, 1.807) is 14.2 Å². The Morgan fingerprint density at radius 3 is 2.66 bits per heavy atom. The maximum absolute atomic E-state index is 13.3. The van der Waals surface area contributed by atoms with E-state index in [1.165, 1.54) is 6.42 Å². The lowest BCUT2D eigenvalue weighted by Crippen LogP contribution is -2.32. The zero-order chi connectivity index (χ0) is 20.1. The van der Waals surface area contributed by atoms with E-state index >= 15 is 0 Å². The number of hydrogen-bond donors (Lipinski definition) is 1. The van der Waals surface area contributed by atoms with Gasteiger partial charge in [-0.25, -0.2) is 0 Å². The summed E-state index contributed by atoms with van der Waals surface area (Å²) in [4.78, 5) is 18.5. The highest BCUT2D eigenvalue weighted by atomic mass is 16.5. The molecule has 2 heterocycles. The van der Waals surface area contributed by atoms with Crippen molar-refractivity contribution < 1.29 is 18.7 Å². The molecule has 2 saturated carbocycles. The van der Waals surface area contributed by atoms with Crippen molar-refractivity contribution in [3.8, 4) is 11.5 Å². The zero-order valence-electron chi connectivity index (χ0n) is 17.0. The molecular formula is C23H26N2O4. The van der Waals surface area contributed by atoms with Gasteiger partial charge in [-0.2, -0.15) is 0 Å². The molecule has 0 spiro atoms. The fourth-order valence-electron chi connectivity index (χ4n) is 4.12. The number of aromatic nitrogens is 1. The molecule has 6 heteroatoms. The fraction of sp³-hybridized carbons (Fsp3) is 0.435. The Hall–Kier alpha value is -2.89. The van der Waals surface area contributed by atoms with Gasteiger partial charge in [0.15, 0.2) is 11.5 Å². The lowest BCUT2D eigenvalue weighted by atomic mass is 10.2. The van der Waals surface area contributed by atoms with Crippen LogP contribution in [0.25, 0.3) is 10.9 Å². The second-order valence-electron chi connectivity index (χ2n) is 8.23. The predicted octanol–water partition coefficient (Wildman–Crippen LogP) is 4.71. The number of furan rings is 1. The van der Waals surface area contributed by atoms with Gasteiger partial charge >= 0.3 is 0 Å². The Balaban J connectivity index is 1.42. The van der Waals surface area contributed by atoms with Gasteiger partial charge in [0.2, 0.25) is 0 Å². The molecule has 6 nitrogen and oxygen atoms in total. The van der Waals surface area contributed by atoms with Crippen molar-refractivity contribution in [2.24, 2.45) is 5.92 Å². The highest BCUT2D eigenvalue weighted by Gasteiger charge is 2.38. The molecule has 0 unspecified atom stereocenters. The number of nitrogens with zero attached hydrogens (tertiary/aromatic N) is 1. The van der Waals surface area contributed by atoms with Gasteiger partial charge < -0.3 is 23.8 Å². The van der Waals surface area contributed by atoms with E-state index in [0.29, 0.717) is 35.6 Å². The summed E-state index contributed by atoms with van der Waals surface area (Å²) in [5, 5.41) is 0.842. The van der Waals surface area contributed by atoms with Gasteiger partial charge in [-0.05, 0) is 55.5 Å². The summed E-state index contributed by atoms with van der Waals surface area (Å²) in [6.07, 6.45) is 3.27. The van der Waals surface area contributed by atoms with E-state index in [9.17, 15) is 4.79 Å². The smallest absolute Gasteiger partial charge is 0.270 e. The number of nitrogens with one attached hydrogen (secondary N) is 1. The van der Waals surface area contributed by atoms with Gasteiger partial charge in [0, 0.05) is 17.3 Å². The molecule has 3 aromatic rings. The molecule has 2 atom stereocenters. The molecule has 0 aliphatic heterocycles. The summed E-state index contributed by atoms with van der Waals surface area (Å²) in [7, 11) is 3.22. The second kappa shape index (κ2) is 6.87. The zero-order valence-corrected chi connectivity index (χ0v) is 17.0. The van der Waals surface area contributed by atoms with Crippen molar-refractivity contribution in [1.29, 1.82) is 0 Å². The monoisotopic (exact) mass is 394 g/mol. The third-order valence-corrected chi connectivity index (χ3v) is 6.10. The Morgan fingerprint density at radius 2 is 2.00 bits per heavy atom. The van der Waals surface area contributed by atoms with Gasteiger partial charge in [-0.1, -0.05) is 6.92 Å². The van der Waals surface area contributed by atoms with Gasteiger partial charge in [0.25, 0.3) is 5.91 Å². The topological polar surface area (TPSA) is 67.7 Å². The van der Waals surface area contributed by atoms with E-state index in [-0.39, 0.29) is 11.9 Å². The molecule has 0 saturated heterocycles. The van der Waals surface area contributed by atoms with Crippen molar-refractivity contribution in [1.82, 2.24) is 9.88 Å². The van der Waals surface area contributed by atoms with Crippen LogP contribution in [0, 0.1) is 5.92 Å². The number of rotatable bonds is 7. The average Bonchev–Trinajstić information content (AvgIpc) is 3.61. The molecule has 1 N–H and O–H groups in total. The Bertz CT molecular complexity index is 1060. The minimum Gasteiger partial charge on any atom is -0.493 e. The van der Waals surface area contributed by atoms with Crippen LogP contribution in [-0.2, 0) is 6.54 Å². The predicted molar refractivity (Wildman–Crippen MR) is 110 cm³/mol. The van der Waals surface area contributed by atoms with Crippen LogP contribution < -0.4 is 9.47 Å². The van der Waals surface area contributed by atoms with Crippen LogP contribution in [-0.4, -0.2) is 36.1 Å². The molecule has 152 valence electrons. The molecule has 5 rings (SSSR count). The Morgan fingerprint density at radius 1 is 1.21 bits per heavy atom. The second-order valence-corrected chi connectivity index (χ2v) is 8.23. The number of amides is 1. The highest BCUT2D eigenvalue weighted by molar-refractivity contribution is 6.00. The number of benzene rings is 1. The van der Waals surface area contributed by atoms with Gasteiger partial charge in [-0.15, -0.1) is 0 Å². The molecular weight excluding hydrogens is 368 g/mol. The summed E-state index contributed by atoms with van der Waals surface area (Å²) < 4.78 is 16.9. The highest BCUT2D eigenvalue weighted by Crippen LogP contribution is 2.47. The van der Waals surface area contributed by atoms with Gasteiger partial charge in [0.1, 0.15) is 17.2 Å². The Kier molecular flexibility index (Phi) is 4.30. The molecule has 2 fully saturated rings. The number of aromatic amines is 1. The number of carbonyl (C=O) groups is 1. The van der Waals surface area contributed by atoms with E-state index in [2.05, 4.69) is 18.0 Å². The number of H-pyrrole nitrogens is 1. The molecule has 0 bridgehead atoms. The Labute approximate surface area is 169 Å². The van der Waals surface area contributed by atoms with Crippen molar-refractivity contribution in [2.75, 3.05) is 14.2 Å². The summed E-state index contributed by atoms with van der Waals surface area (Å²) in [5.41, 5.74) is 1.41. The minimum absolute atomic E-state index is 0.0116. The maximum atomic E-state index is 13.3. The van der Waals surface area contributed by atoms with E-state index in [1.807, 2.05) is 29.2 Å². The lowest BCUT2D eigenvalue weighted by Gasteiger charge is -2.20. The fourth-order valence-corrected chi connectivity index (χ4v) is 4.12. The maximum Gasteiger partial charge on any atom is 0.270 e. The standard InChI is InChI=1S/C23H26N2O4/c1-13-10-16(13)20-8-6-15(29-20)12-25(14-4-5-14)23(26)19-11-17-18(24-19)7-9-21(27-2)22(17)28-3/h6-9,11,13-14,16,24H,4-5,10,12H2,1-3H3/t13-,16-/m1/s1. The van der Waals surface area contributed by atoms with Crippen LogP contribution >= 0.6 is 0 Å². The van der Waals surface area contributed by atoms with Crippen molar-refractivity contribution in [2.45, 2.75) is 44.7 Å². The largest absolute Gasteiger partial charge is 0.493 e. The van der Waals surface area contributed by atoms with Gasteiger partial charge in [0.05, 0.1) is 26.3 Å². The molecule has 1 aromatic carbocycles. The first kappa shape index (κ1) is 18.2. The van der Waals surface area contributed by atoms with Crippen molar-refractivity contribution in [3.63, 3.8) is 0 Å². The van der Waals surface area contributed by atoms with E-state index < -0.39 is 0 Å². The quantitative estimate of drug-likeness (QED) is 0.630. The molecule has 2 aromatic heterocycles. The molecule has 29 heavy (non-hydrogen) atoms. The molecule has 2 aliphatic carbocycles. The first-order chi connectivity index (χ1) is 14.1. The molecule has 1 amide bonds. The van der Waals surface area contributed by atoms with E-state index in [4.69, 9.17) is 13.9 Å². The SMILES string of the molecule is COc1ccc2[nH]c(C(=O)N(Cc3ccc([C@@H]4C[C@H]4C)o3)C3CC3)cc2c1OC. The molecule has 0 radical (unpaired) electrons. The summed E-state index contributed by atoms with van der Waals surface area (Å²) in [5.74, 6) is 4.43. The van der Waals surface area contributed by atoms with Crippen molar-refractivity contribution >= 4 is 16.8 Å². The van der Waals surface area contributed by atoms with Crippen LogP contribution in [0.1, 0.15) is 54.1 Å². The van der Waals surface area contributed by atoms with Gasteiger partial charge in [-0.3, -0.25) is 4.79 Å².